The fraction of sp³-hybridized carbons (Fsp3) is 0.222. The summed E-state index contributed by atoms with van der Waals surface area (Å²) < 4.78 is 95.2. The van der Waals surface area contributed by atoms with Crippen molar-refractivity contribution in [3.63, 3.8) is 0 Å². The Balaban J connectivity index is 2.30. The Hall–Kier alpha value is -3.27. The lowest BCUT2D eigenvalue weighted by Crippen LogP contribution is -2.34. The largest absolute Gasteiger partial charge is 0.419 e. The molecule has 1 heterocycles. The summed E-state index contributed by atoms with van der Waals surface area (Å²) in [5.74, 6) is -6.47. The number of nitrogens with zero attached hydrogens (tertiary/aromatic N) is 3. The molecule has 0 spiro atoms. The van der Waals surface area contributed by atoms with Gasteiger partial charge in [0.1, 0.15) is 23.5 Å². The minimum absolute atomic E-state index is 0.382. The van der Waals surface area contributed by atoms with E-state index in [0.29, 0.717) is 18.2 Å². The van der Waals surface area contributed by atoms with E-state index in [-0.39, 0.29) is 0 Å². The van der Waals surface area contributed by atoms with E-state index in [0.717, 1.165) is 11.0 Å². The maximum atomic E-state index is 14.3. The first kappa shape index (κ1) is 19.5. The number of hydrogen-bond acceptors (Lipinski definition) is 3. The minimum atomic E-state index is -5.07. The first-order chi connectivity index (χ1) is 13.0. The quantitative estimate of drug-likeness (QED) is 0.607. The average molecular weight is 399 g/mol. The lowest BCUT2D eigenvalue weighted by Gasteiger charge is -2.36. The van der Waals surface area contributed by atoms with Gasteiger partial charge in [-0.05, 0) is 24.3 Å². The van der Waals surface area contributed by atoms with Gasteiger partial charge in [0, 0.05) is 18.5 Å². The third-order valence-electron chi connectivity index (χ3n) is 4.34. The fourth-order valence-electron chi connectivity index (χ4n) is 3.11. The van der Waals surface area contributed by atoms with E-state index in [9.17, 15) is 41.3 Å². The molecule has 0 aromatic heterocycles. The van der Waals surface area contributed by atoms with Crippen LogP contribution in [0.25, 0.3) is 0 Å². The molecule has 2 aromatic rings. The van der Waals surface area contributed by atoms with Crippen molar-refractivity contribution >= 4 is 11.4 Å². The van der Waals surface area contributed by atoms with Crippen LogP contribution in [-0.4, -0.2) is 6.54 Å². The van der Waals surface area contributed by atoms with Crippen LogP contribution in [0.4, 0.5) is 42.1 Å². The van der Waals surface area contributed by atoms with Crippen LogP contribution in [-0.2, 0) is 12.1 Å². The van der Waals surface area contributed by atoms with Crippen LogP contribution in [0.5, 0.6) is 0 Å². The second-order valence-corrected chi connectivity index (χ2v) is 6.00. The summed E-state index contributed by atoms with van der Waals surface area (Å²) in [5, 5.41) is 18.4. The molecule has 0 radical (unpaired) electrons. The Morgan fingerprint density at radius 1 is 1.04 bits per heavy atom. The molecule has 0 atom stereocenters. The van der Waals surface area contributed by atoms with Gasteiger partial charge in [0.25, 0.3) is 5.92 Å². The molecule has 0 bridgehead atoms. The normalized spacial score (nSPS) is 15.5. The van der Waals surface area contributed by atoms with Gasteiger partial charge in [-0.15, -0.1) is 0 Å². The van der Waals surface area contributed by atoms with Gasteiger partial charge in [-0.25, -0.2) is 17.6 Å². The monoisotopic (exact) mass is 399 g/mol. The van der Waals surface area contributed by atoms with Crippen LogP contribution >= 0.6 is 0 Å². The van der Waals surface area contributed by atoms with Crippen molar-refractivity contribution in [2.45, 2.75) is 18.5 Å². The van der Waals surface area contributed by atoms with Gasteiger partial charge >= 0.3 is 6.18 Å². The van der Waals surface area contributed by atoms with E-state index in [4.69, 9.17) is 0 Å². The molecular weight excluding hydrogens is 391 g/mol. The van der Waals surface area contributed by atoms with Gasteiger partial charge in [0.2, 0.25) is 0 Å². The lowest BCUT2D eigenvalue weighted by molar-refractivity contribution is -0.140. The summed E-state index contributed by atoms with van der Waals surface area (Å²) in [6.07, 6.45) is -5.94. The second-order valence-electron chi connectivity index (χ2n) is 6.00. The average Bonchev–Trinajstić information content (AvgIpc) is 2.60. The third-order valence-corrected chi connectivity index (χ3v) is 4.34. The van der Waals surface area contributed by atoms with E-state index < -0.39 is 70.3 Å². The summed E-state index contributed by atoms with van der Waals surface area (Å²) in [4.78, 5) is 0.937. The molecule has 0 unspecified atom stereocenters. The van der Waals surface area contributed by atoms with E-state index in [1.54, 1.807) is 6.07 Å². The highest BCUT2D eigenvalue weighted by atomic mass is 19.4. The first-order valence-electron chi connectivity index (χ1n) is 7.70. The Bertz CT molecular complexity index is 1050. The van der Waals surface area contributed by atoms with Crippen LogP contribution in [0.3, 0.4) is 0 Å². The number of anilines is 2. The lowest BCUT2D eigenvalue weighted by atomic mass is 9.93. The number of benzene rings is 2. The maximum Gasteiger partial charge on any atom is 0.419 e. The van der Waals surface area contributed by atoms with Gasteiger partial charge in [-0.3, -0.25) is 0 Å². The van der Waals surface area contributed by atoms with Crippen LogP contribution in [0, 0.1) is 34.3 Å². The Kier molecular flexibility index (Phi) is 4.46. The highest BCUT2D eigenvalue weighted by molar-refractivity contribution is 5.78. The summed E-state index contributed by atoms with van der Waals surface area (Å²) in [7, 11) is 0. The molecule has 10 heteroatoms. The number of halogens is 7. The van der Waals surface area contributed by atoms with Crippen molar-refractivity contribution in [3.05, 3.63) is 58.2 Å². The van der Waals surface area contributed by atoms with E-state index in [1.165, 1.54) is 6.07 Å². The molecule has 0 fully saturated rings. The molecule has 0 saturated heterocycles. The number of fused-ring (bicyclic) bond motifs is 1. The molecule has 2 aromatic carbocycles. The SMILES string of the molecule is N#Cc1cc(F)cc2c1N(c1ccc(C(F)(F)F)c(F)c1C#N)CCC2(F)F. The molecule has 0 amide bonds. The van der Waals surface area contributed by atoms with Crippen LogP contribution in [0.1, 0.15) is 28.7 Å². The first-order valence-corrected chi connectivity index (χ1v) is 7.70. The van der Waals surface area contributed by atoms with Gasteiger partial charge in [-0.1, -0.05) is 0 Å². The number of alkyl halides is 5. The third kappa shape index (κ3) is 3.01. The van der Waals surface area contributed by atoms with Crippen LogP contribution < -0.4 is 4.90 Å². The van der Waals surface area contributed by atoms with Gasteiger partial charge in [-0.2, -0.15) is 23.7 Å². The molecule has 0 aliphatic carbocycles. The summed E-state index contributed by atoms with van der Waals surface area (Å²) in [6, 6.07) is 5.20. The maximum absolute atomic E-state index is 14.3. The summed E-state index contributed by atoms with van der Waals surface area (Å²) in [5.41, 5.74) is -4.98. The van der Waals surface area contributed by atoms with Gasteiger partial charge in [0.05, 0.1) is 22.5 Å². The van der Waals surface area contributed by atoms with E-state index >= 15 is 0 Å². The smallest absolute Gasteiger partial charge is 0.339 e. The van der Waals surface area contributed by atoms with Crippen molar-refractivity contribution in [2.75, 3.05) is 11.4 Å². The zero-order valence-electron chi connectivity index (χ0n) is 13.7. The summed E-state index contributed by atoms with van der Waals surface area (Å²) >= 11 is 0. The zero-order valence-corrected chi connectivity index (χ0v) is 13.7. The predicted octanol–water partition coefficient (Wildman–Crippen LogP) is 5.36. The highest BCUT2D eigenvalue weighted by Gasteiger charge is 2.43. The van der Waals surface area contributed by atoms with Gasteiger partial charge < -0.3 is 4.90 Å². The zero-order chi connectivity index (χ0) is 20.9. The Morgan fingerprint density at radius 3 is 2.29 bits per heavy atom. The molecule has 3 nitrogen and oxygen atoms in total. The molecular formula is C18H8F7N3. The summed E-state index contributed by atoms with van der Waals surface area (Å²) in [6.45, 7) is -0.528. The fourth-order valence-corrected chi connectivity index (χ4v) is 3.11. The molecule has 144 valence electrons. The second kappa shape index (κ2) is 6.41. The van der Waals surface area contributed by atoms with Crippen molar-refractivity contribution in [1.29, 1.82) is 10.5 Å². The molecule has 28 heavy (non-hydrogen) atoms. The van der Waals surface area contributed by atoms with E-state index in [1.807, 2.05) is 0 Å². The Labute approximate surface area is 153 Å². The topological polar surface area (TPSA) is 50.8 Å². The van der Waals surface area contributed by atoms with Crippen molar-refractivity contribution < 1.29 is 30.7 Å². The highest BCUT2D eigenvalue weighted by Crippen LogP contribution is 2.48. The molecule has 0 N–H and O–H groups in total. The molecule has 1 aliphatic rings. The number of nitriles is 2. The molecule has 1 aliphatic heterocycles. The Morgan fingerprint density at radius 2 is 1.71 bits per heavy atom. The van der Waals surface area contributed by atoms with Crippen molar-refractivity contribution in [2.24, 2.45) is 0 Å². The number of rotatable bonds is 1. The van der Waals surface area contributed by atoms with Gasteiger partial charge in [0.15, 0.2) is 5.82 Å². The predicted molar refractivity (Wildman–Crippen MR) is 82.7 cm³/mol. The standard InChI is InChI=1S/C18H8F7N3/c19-10-5-9(7-26)16-13(6-10)17(21,22)3-4-28(16)14-2-1-12(18(23,24)25)15(20)11(14)8-27/h1-2,5-6H,3-4H2. The van der Waals surface area contributed by atoms with Crippen molar-refractivity contribution in [1.82, 2.24) is 0 Å². The minimum Gasteiger partial charge on any atom is -0.339 e. The van der Waals surface area contributed by atoms with Crippen molar-refractivity contribution in [3.8, 4) is 12.1 Å². The van der Waals surface area contributed by atoms with E-state index in [2.05, 4.69) is 0 Å². The number of hydrogen-bond donors (Lipinski definition) is 0. The molecule has 0 saturated carbocycles. The van der Waals surface area contributed by atoms with Crippen LogP contribution in [0.2, 0.25) is 0 Å². The molecule has 3 rings (SSSR count). The van der Waals surface area contributed by atoms with Crippen LogP contribution in [0.15, 0.2) is 24.3 Å².